The SMILES string of the molecule is CCc1ccc(F)c(-c2nc(NCC(=O)O)nc(N3CCOCC3)n2)c1. The van der Waals surface area contributed by atoms with Crippen LogP contribution in [0.15, 0.2) is 18.2 Å². The summed E-state index contributed by atoms with van der Waals surface area (Å²) in [4.78, 5) is 25.6. The van der Waals surface area contributed by atoms with Crippen LogP contribution in [0.5, 0.6) is 0 Å². The quantitative estimate of drug-likeness (QED) is 0.800. The third-order valence-corrected chi connectivity index (χ3v) is 4.00. The number of hydrogen-bond donors (Lipinski definition) is 2. The summed E-state index contributed by atoms with van der Waals surface area (Å²) in [5, 5.41) is 11.5. The summed E-state index contributed by atoms with van der Waals surface area (Å²) in [6.45, 7) is 3.91. The lowest BCUT2D eigenvalue weighted by atomic mass is 10.1. The lowest BCUT2D eigenvalue weighted by Gasteiger charge is -2.27. The van der Waals surface area contributed by atoms with Gasteiger partial charge in [-0.05, 0) is 24.1 Å². The molecule has 0 unspecified atom stereocenters. The van der Waals surface area contributed by atoms with Crippen molar-refractivity contribution in [3.05, 3.63) is 29.6 Å². The van der Waals surface area contributed by atoms with Crippen LogP contribution in [0.2, 0.25) is 0 Å². The first-order valence-electron chi connectivity index (χ1n) is 8.40. The Labute approximate surface area is 150 Å². The molecule has 138 valence electrons. The molecule has 0 atom stereocenters. The number of nitrogens with zero attached hydrogens (tertiary/aromatic N) is 4. The summed E-state index contributed by atoms with van der Waals surface area (Å²) in [5.74, 6) is -0.848. The molecule has 1 saturated heterocycles. The van der Waals surface area contributed by atoms with Crippen LogP contribution in [0, 0.1) is 5.82 Å². The summed E-state index contributed by atoms with van der Waals surface area (Å²) in [5.41, 5.74) is 1.22. The Morgan fingerprint density at radius 3 is 2.77 bits per heavy atom. The Bertz CT molecular complexity index is 796. The minimum Gasteiger partial charge on any atom is -0.480 e. The second kappa shape index (κ2) is 8.05. The summed E-state index contributed by atoms with van der Waals surface area (Å²) in [6.07, 6.45) is 0.749. The fraction of sp³-hybridized carbons (Fsp3) is 0.412. The van der Waals surface area contributed by atoms with E-state index in [0.29, 0.717) is 32.3 Å². The fourth-order valence-electron chi connectivity index (χ4n) is 2.59. The zero-order valence-corrected chi connectivity index (χ0v) is 14.4. The Morgan fingerprint density at radius 2 is 2.08 bits per heavy atom. The standard InChI is InChI=1S/C17H20FN5O3/c1-2-11-3-4-13(18)12(9-11)15-20-16(19-10-14(24)25)22-17(21-15)23-5-7-26-8-6-23/h3-4,9H,2,5-8,10H2,1H3,(H,24,25)(H,19,20,21,22). The van der Waals surface area contributed by atoms with Gasteiger partial charge in [-0.2, -0.15) is 15.0 Å². The molecule has 2 N–H and O–H groups in total. The fourth-order valence-corrected chi connectivity index (χ4v) is 2.59. The predicted octanol–water partition coefficient (Wildman–Crippen LogP) is 1.57. The van der Waals surface area contributed by atoms with Crippen LogP contribution in [-0.2, 0) is 16.0 Å². The molecular weight excluding hydrogens is 341 g/mol. The Morgan fingerprint density at radius 1 is 1.31 bits per heavy atom. The van der Waals surface area contributed by atoms with E-state index >= 15 is 0 Å². The molecule has 0 spiro atoms. The van der Waals surface area contributed by atoms with Gasteiger partial charge in [0.1, 0.15) is 12.4 Å². The lowest BCUT2D eigenvalue weighted by Crippen LogP contribution is -2.37. The van der Waals surface area contributed by atoms with Crippen molar-refractivity contribution in [3.63, 3.8) is 0 Å². The summed E-state index contributed by atoms with van der Waals surface area (Å²) in [6, 6.07) is 4.80. The molecule has 1 fully saturated rings. The van der Waals surface area contributed by atoms with Crippen LogP contribution in [0.25, 0.3) is 11.4 Å². The van der Waals surface area contributed by atoms with Gasteiger partial charge in [0.25, 0.3) is 0 Å². The van der Waals surface area contributed by atoms with Crippen LogP contribution in [0.3, 0.4) is 0 Å². The van der Waals surface area contributed by atoms with Gasteiger partial charge in [-0.3, -0.25) is 4.79 Å². The number of morpholine rings is 1. The zero-order valence-electron chi connectivity index (χ0n) is 14.4. The van der Waals surface area contributed by atoms with Gasteiger partial charge in [0.05, 0.1) is 18.8 Å². The van der Waals surface area contributed by atoms with Crippen molar-refractivity contribution >= 4 is 17.9 Å². The third kappa shape index (κ3) is 4.23. The van der Waals surface area contributed by atoms with Gasteiger partial charge in [0.2, 0.25) is 11.9 Å². The lowest BCUT2D eigenvalue weighted by molar-refractivity contribution is -0.134. The van der Waals surface area contributed by atoms with Crippen LogP contribution in [0.1, 0.15) is 12.5 Å². The van der Waals surface area contributed by atoms with E-state index in [1.54, 1.807) is 12.1 Å². The van der Waals surface area contributed by atoms with Gasteiger partial charge in [-0.15, -0.1) is 0 Å². The molecule has 9 heteroatoms. The minimum atomic E-state index is -1.04. The van der Waals surface area contributed by atoms with Gasteiger partial charge in [-0.25, -0.2) is 4.39 Å². The van der Waals surface area contributed by atoms with Crippen LogP contribution in [-0.4, -0.2) is 58.9 Å². The molecular formula is C17H20FN5O3. The second-order valence-corrected chi connectivity index (χ2v) is 5.80. The maximum atomic E-state index is 14.4. The second-order valence-electron chi connectivity index (χ2n) is 5.80. The van der Waals surface area contributed by atoms with Crippen LogP contribution >= 0.6 is 0 Å². The first kappa shape index (κ1) is 18.0. The van der Waals surface area contributed by atoms with Crippen molar-refractivity contribution < 1.29 is 19.0 Å². The van der Waals surface area contributed by atoms with Crippen molar-refractivity contribution in [1.82, 2.24) is 15.0 Å². The number of carboxylic acid groups (broad SMARTS) is 1. The first-order chi connectivity index (χ1) is 12.6. The topological polar surface area (TPSA) is 100 Å². The molecule has 3 rings (SSSR count). The largest absolute Gasteiger partial charge is 0.480 e. The summed E-state index contributed by atoms with van der Waals surface area (Å²) < 4.78 is 19.7. The maximum absolute atomic E-state index is 14.4. The number of rotatable bonds is 6. The van der Waals surface area contributed by atoms with Crippen molar-refractivity contribution in [3.8, 4) is 11.4 Å². The Hall–Kier alpha value is -2.81. The molecule has 0 aliphatic carbocycles. The van der Waals surface area contributed by atoms with E-state index in [1.807, 2.05) is 11.8 Å². The number of halogens is 1. The molecule has 1 aromatic heterocycles. The number of benzene rings is 1. The van der Waals surface area contributed by atoms with E-state index in [0.717, 1.165) is 12.0 Å². The number of hydrogen-bond acceptors (Lipinski definition) is 7. The normalized spacial score (nSPS) is 14.3. The highest BCUT2D eigenvalue weighted by Crippen LogP contribution is 2.24. The third-order valence-electron chi connectivity index (χ3n) is 4.00. The van der Waals surface area contributed by atoms with Crippen LogP contribution < -0.4 is 10.2 Å². The minimum absolute atomic E-state index is 0.0974. The number of carbonyl (C=O) groups is 1. The number of carboxylic acids is 1. The average molecular weight is 361 g/mol. The van der Waals surface area contributed by atoms with Crippen molar-refractivity contribution in [2.75, 3.05) is 43.1 Å². The molecule has 0 bridgehead atoms. The monoisotopic (exact) mass is 361 g/mol. The Kier molecular flexibility index (Phi) is 5.57. The van der Waals surface area contributed by atoms with Gasteiger partial charge >= 0.3 is 5.97 Å². The van der Waals surface area contributed by atoms with E-state index in [1.165, 1.54) is 6.07 Å². The van der Waals surface area contributed by atoms with Crippen LogP contribution in [0.4, 0.5) is 16.3 Å². The smallest absolute Gasteiger partial charge is 0.322 e. The summed E-state index contributed by atoms with van der Waals surface area (Å²) in [7, 11) is 0. The number of aromatic nitrogens is 3. The highest BCUT2D eigenvalue weighted by molar-refractivity contribution is 5.72. The van der Waals surface area contributed by atoms with Crippen molar-refractivity contribution in [2.45, 2.75) is 13.3 Å². The molecule has 2 heterocycles. The number of nitrogens with one attached hydrogen (secondary N) is 1. The zero-order chi connectivity index (χ0) is 18.5. The highest BCUT2D eigenvalue weighted by atomic mass is 19.1. The first-order valence-corrected chi connectivity index (χ1v) is 8.40. The molecule has 0 amide bonds. The number of anilines is 2. The van der Waals surface area contributed by atoms with E-state index in [4.69, 9.17) is 9.84 Å². The van der Waals surface area contributed by atoms with Gasteiger partial charge in [-0.1, -0.05) is 13.0 Å². The Balaban J connectivity index is 2.02. The van der Waals surface area contributed by atoms with E-state index in [-0.39, 0.29) is 23.9 Å². The number of aryl methyl sites for hydroxylation is 1. The van der Waals surface area contributed by atoms with Crippen molar-refractivity contribution in [1.29, 1.82) is 0 Å². The van der Waals surface area contributed by atoms with Gasteiger partial charge in [0.15, 0.2) is 5.82 Å². The average Bonchev–Trinajstić information content (AvgIpc) is 2.67. The summed E-state index contributed by atoms with van der Waals surface area (Å²) >= 11 is 0. The molecule has 8 nitrogen and oxygen atoms in total. The molecule has 1 aliphatic rings. The highest BCUT2D eigenvalue weighted by Gasteiger charge is 2.19. The van der Waals surface area contributed by atoms with E-state index in [9.17, 15) is 9.18 Å². The maximum Gasteiger partial charge on any atom is 0.322 e. The van der Waals surface area contributed by atoms with E-state index in [2.05, 4.69) is 20.3 Å². The van der Waals surface area contributed by atoms with E-state index < -0.39 is 11.8 Å². The molecule has 26 heavy (non-hydrogen) atoms. The molecule has 0 radical (unpaired) electrons. The predicted molar refractivity (Wildman–Crippen MR) is 93.8 cm³/mol. The number of aliphatic carboxylic acids is 1. The molecule has 1 aliphatic heterocycles. The number of ether oxygens (including phenoxy) is 1. The van der Waals surface area contributed by atoms with Gasteiger partial charge in [0, 0.05) is 13.1 Å². The molecule has 1 aromatic carbocycles. The van der Waals surface area contributed by atoms with Crippen molar-refractivity contribution in [2.24, 2.45) is 0 Å². The molecule has 2 aromatic rings. The van der Waals surface area contributed by atoms with Gasteiger partial charge < -0.3 is 20.1 Å². The molecule has 0 saturated carbocycles.